The van der Waals surface area contributed by atoms with Crippen LogP contribution in [-0.4, -0.2) is 18.1 Å². The Kier molecular flexibility index (Phi) is 4.35. The lowest BCUT2D eigenvalue weighted by Crippen LogP contribution is -2.22. The zero-order valence-electron chi connectivity index (χ0n) is 8.47. The average Bonchev–Trinajstić information content (AvgIpc) is 2.15. The van der Waals surface area contributed by atoms with E-state index in [1.54, 1.807) is 12.3 Å². The number of nitrogens with one attached hydrogen (secondary N) is 2. The lowest BCUT2D eigenvalue weighted by molar-refractivity contribution is 0.652. The van der Waals surface area contributed by atoms with Crippen molar-refractivity contribution in [2.45, 2.75) is 19.9 Å². The molecule has 1 aromatic rings. The average molecular weight is 195 g/mol. The van der Waals surface area contributed by atoms with Crippen molar-refractivity contribution < 1.29 is 0 Å². The van der Waals surface area contributed by atoms with Crippen LogP contribution < -0.4 is 16.5 Å². The van der Waals surface area contributed by atoms with E-state index in [2.05, 4.69) is 10.3 Å². The van der Waals surface area contributed by atoms with E-state index in [9.17, 15) is 4.79 Å². The van der Waals surface area contributed by atoms with Crippen LogP contribution in [0.4, 0.5) is 0 Å². The molecule has 0 bridgehead atoms. The Balaban J connectivity index is 2.47. The summed E-state index contributed by atoms with van der Waals surface area (Å²) < 4.78 is 0. The van der Waals surface area contributed by atoms with Crippen LogP contribution in [0, 0.1) is 6.92 Å². The van der Waals surface area contributed by atoms with Crippen LogP contribution in [0.3, 0.4) is 0 Å². The van der Waals surface area contributed by atoms with Gasteiger partial charge in [-0.1, -0.05) is 0 Å². The van der Waals surface area contributed by atoms with E-state index in [1.165, 1.54) is 0 Å². The fourth-order valence-electron chi connectivity index (χ4n) is 1.19. The van der Waals surface area contributed by atoms with Crippen LogP contribution >= 0.6 is 0 Å². The molecule has 0 aliphatic carbocycles. The van der Waals surface area contributed by atoms with Gasteiger partial charge in [-0.05, 0) is 26.4 Å². The maximum absolute atomic E-state index is 11.4. The third-order valence-electron chi connectivity index (χ3n) is 2.01. The number of H-pyrrole nitrogens is 1. The minimum Gasteiger partial charge on any atom is -0.365 e. The van der Waals surface area contributed by atoms with Crippen molar-refractivity contribution in [3.05, 3.63) is 33.7 Å². The molecular weight excluding hydrogens is 178 g/mol. The predicted octanol–water partition coefficient (Wildman–Crippen LogP) is 0.122. The van der Waals surface area contributed by atoms with Gasteiger partial charge >= 0.3 is 0 Å². The van der Waals surface area contributed by atoms with E-state index >= 15 is 0 Å². The summed E-state index contributed by atoms with van der Waals surface area (Å²) in [5.74, 6) is 0. The van der Waals surface area contributed by atoms with E-state index in [1.807, 2.05) is 6.92 Å². The molecule has 4 heteroatoms. The fourth-order valence-corrected chi connectivity index (χ4v) is 1.19. The SMILES string of the molecule is Cc1cc(=O)c(CNCCCN)c[nH]1. The first kappa shape index (κ1) is 10.9. The smallest absolute Gasteiger partial charge is 0.186 e. The summed E-state index contributed by atoms with van der Waals surface area (Å²) in [6.07, 6.45) is 2.69. The second-order valence-electron chi connectivity index (χ2n) is 3.32. The second-order valence-corrected chi connectivity index (χ2v) is 3.32. The Bertz CT molecular complexity index is 332. The van der Waals surface area contributed by atoms with Crippen LogP contribution in [-0.2, 0) is 6.54 Å². The number of hydrogen-bond donors (Lipinski definition) is 3. The molecule has 0 aliphatic heterocycles. The topological polar surface area (TPSA) is 70.9 Å². The van der Waals surface area contributed by atoms with Crippen molar-refractivity contribution in [2.24, 2.45) is 5.73 Å². The van der Waals surface area contributed by atoms with Crippen molar-refractivity contribution in [1.82, 2.24) is 10.3 Å². The standard InChI is InChI=1S/C10H17N3O/c1-8-5-10(14)9(7-13-8)6-12-4-2-3-11/h5,7,12H,2-4,6,11H2,1H3,(H,13,14). The molecule has 0 unspecified atom stereocenters. The lowest BCUT2D eigenvalue weighted by atomic mass is 10.2. The van der Waals surface area contributed by atoms with Gasteiger partial charge in [-0.15, -0.1) is 0 Å². The van der Waals surface area contributed by atoms with Gasteiger partial charge in [-0.3, -0.25) is 4.79 Å². The number of nitrogens with two attached hydrogens (primary N) is 1. The molecule has 0 aliphatic rings. The zero-order valence-corrected chi connectivity index (χ0v) is 8.47. The Morgan fingerprint density at radius 3 is 3.00 bits per heavy atom. The van der Waals surface area contributed by atoms with Gasteiger partial charge in [0.05, 0.1) is 0 Å². The Morgan fingerprint density at radius 2 is 2.36 bits per heavy atom. The second kappa shape index (κ2) is 5.57. The molecule has 0 saturated carbocycles. The van der Waals surface area contributed by atoms with Crippen LogP contribution in [0.15, 0.2) is 17.1 Å². The molecule has 4 nitrogen and oxygen atoms in total. The summed E-state index contributed by atoms with van der Waals surface area (Å²) in [5.41, 5.74) is 7.10. The monoisotopic (exact) mass is 195 g/mol. The molecule has 1 heterocycles. The van der Waals surface area contributed by atoms with Crippen molar-refractivity contribution >= 4 is 0 Å². The van der Waals surface area contributed by atoms with Gasteiger partial charge in [0.2, 0.25) is 0 Å². The third kappa shape index (κ3) is 3.32. The minimum absolute atomic E-state index is 0.0847. The van der Waals surface area contributed by atoms with Gasteiger partial charge in [-0.25, -0.2) is 0 Å². The number of pyridine rings is 1. The number of aryl methyl sites for hydroxylation is 1. The molecular formula is C10H17N3O. The number of hydrogen-bond acceptors (Lipinski definition) is 3. The summed E-state index contributed by atoms with van der Waals surface area (Å²) in [6.45, 7) is 4.00. The Labute approximate surface area is 83.5 Å². The summed E-state index contributed by atoms with van der Waals surface area (Å²) >= 11 is 0. The summed E-state index contributed by atoms with van der Waals surface area (Å²) in [5, 5.41) is 3.16. The van der Waals surface area contributed by atoms with E-state index < -0.39 is 0 Å². The van der Waals surface area contributed by atoms with Gasteiger partial charge in [0.1, 0.15) is 0 Å². The van der Waals surface area contributed by atoms with E-state index in [4.69, 9.17) is 5.73 Å². The first-order valence-electron chi connectivity index (χ1n) is 4.83. The summed E-state index contributed by atoms with van der Waals surface area (Å²) in [4.78, 5) is 14.4. The normalized spacial score (nSPS) is 10.4. The van der Waals surface area contributed by atoms with Gasteiger partial charge in [0, 0.05) is 30.1 Å². The number of aromatic amines is 1. The maximum Gasteiger partial charge on any atom is 0.186 e. The van der Waals surface area contributed by atoms with Crippen LogP contribution in [0.2, 0.25) is 0 Å². The molecule has 0 spiro atoms. The van der Waals surface area contributed by atoms with Gasteiger partial charge in [0.25, 0.3) is 0 Å². The summed E-state index contributed by atoms with van der Waals surface area (Å²) in [7, 11) is 0. The minimum atomic E-state index is 0.0847. The molecule has 4 N–H and O–H groups in total. The molecule has 0 radical (unpaired) electrons. The van der Waals surface area contributed by atoms with E-state index in [-0.39, 0.29) is 5.43 Å². The molecule has 78 valence electrons. The zero-order chi connectivity index (χ0) is 10.4. The van der Waals surface area contributed by atoms with Crippen molar-refractivity contribution in [2.75, 3.05) is 13.1 Å². The fraction of sp³-hybridized carbons (Fsp3) is 0.500. The van der Waals surface area contributed by atoms with Crippen molar-refractivity contribution in [1.29, 1.82) is 0 Å². The molecule has 0 saturated heterocycles. The quantitative estimate of drug-likeness (QED) is 0.584. The highest BCUT2D eigenvalue weighted by molar-refractivity contribution is 5.13. The highest BCUT2D eigenvalue weighted by Crippen LogP contribution is 1.91. The van der Waals surface area contributed by atoms with Gasteiger partial charge in [-0.2, -0.15) is 0 Å². The predicted molar refractivity (Wildman–Crippen MR) is 57.2 cm³/mol. The number of aromatic nitrogens is 1. The highest BCUT2D eigenvalue weighted by atomic mass is 16.1. The maximum atomic E-state index is 11.4. The first-order chi connectivity index (χ1) is 6.74. The summed E-state index contributed by atoms with van der Waals surface area (Å²) in [6, 6.07) is 1.61. The third-order valence-corrected chi connectivity index (χ3v) is 2.01. The lowest BCUT2D eigenvalue weighted by Gasteiger charge is -2.03. The Hall–Kier alpha value is -1.13. The molecule has 0 atom stereocenters. The molecule has 0 amide bonds. The Morgan fingerprint density at radius 1 is 1.57 bits per heavy atom. The van der Waals surface area contributed by atoms with Gasteiger partial charge < -0.3 is 16.0 Å². The molecule has 14 heavy (non-hydrogen) atoms. The van der Waals surface area contributed by atoms with Crippen molar-refractivity contribution in [3.63, 3.8) is 0 Å². The van der Waals surface area contributed by atoms with E-state index in [0.717, 1.165) is 24.2 Å². The van der Waals surface area contributed by atoms with E-state index in [0.29, 0.717) is 13.1 Å². The number of rotatable bonds is 5. The highest BCUT2D eigenvalue weighted by Gasteiger charge is 1.98. The molecule has 1 rings (SSSR count). The van der Waals surface area contributed by atoms with Crippen LogP contribution in [0.1, 0.15) is 17.7 Å². The largest absolute Gasteiger partial charge is 0.365 e. The molecule has 0 aromatic carbocycles. The van der Waals surface area contributed by atoms with Crippen LogP contribution in [0.5, 0.6) is 0 Å². The molecule has 1 aromatic heterocycles. The first-order valence-corrected chi connectivity index (χ1v) is 4.83. The van der Waals surface area contributed by atoms with Crippen LogP contribution in [0.25, 0.3) is 0 Å². The van der Waals surface area contributed by atoms with Crippen molar-refractivity contribution in [3.8, 4) is 0 Å². The van der Waals surface area contributed by atoms with Gasteiger partial charge in [0.15, 0.2) is 5.43 Å². The molecule has 0 fully saturated rings.